The maximum Gasteiger partial charge on any atom is 0.257 e. The molecule has 6 heteroatoms. The molecule has 0 unspecified atom stereocenters. The number of hydrogen-bond acceptors (Lipinski definition) is 3. The molecular weight excluding hydrogens is 261 g/mol. The largest absolute Gasteiger partial charge is 0.325 e. The molecule has 1 aromatic heterocycles. The Morgan fingerprint density at radius 3 is 2.60 bits per heavy atom. The molecule has 0 fully saturated rings. The molecule has 20 heavy (non-hydrogen) atoms. The van der Waals surface area contributed by atoms with Crippen LogP contribution in [0.1, 0.15) is 17.3 Å². The summed E-state index contributed by atoms with van der Waals surface area (Å²) in [5, 5.41) is 5.06. The molecule has 5 nitrogen and oxygen atoms in total. The molecule has 0 spiro atoms. The topological polar surface area (TPSA) is 71.1 Å². The first-order chi connectivity index (χ1) is 9.56. The third-order valence-corrected chi connectivity index (χ3v) is 2.46. The molecule has 1 aromatic carbocycles. The number of amides is 2. The van der Waals surface area contributed by atoms with E-state index in [1.165, 1.54) is 25.3 Å². The number of rotatable bonds is 3. The average molecular weight is 273 g/mol. The maximum atomic E-state index is 13.3. The first-order valence-corrected chi connectivity index (χ1v) is 5.85. The predicted octanol–water partition coefficient (Wildman–Crippen LogP) is 2.43. The van der Waals surface area contributed by atoms with Crippen LogP contribution in [0.3, 0.4) is 0 Å². The number of carbonyl (C=O) groups excluding carboxylic acids is 2. The summed E-state index contributed by atoms with van der Waals surface area (Å²) in [6.45, 7) is 1.33. The predicted molar refractivity (Wildman–Crippen MR) is 72.9 cm³/mol. The number of pyridine rings is 1. The zero-order chi connectivity index (χ0) is 14.5. The van der Waals surface area contributed by atoms with Crippen molar-refractivity contribution in [2.45, 2.75) is 6.92 Å². The van der Waals surface area contributed by atoms with Crippen LogP contribution < -0.4 is 10.6 Å². The van der Waals surface area contributed by atoms with E-state index in [0.29, 0.717) is 11.3 Å². The highest BCUT2D eigenvalue weighted by Gasteiger charge is 2.11. The van der Waals surface area contributed by atoms with Gasteiger partial charge in [0.1, 0.15) is 5.82 Å². The summed E-state index contributed by atoms with van der Waals surface area (Å²) < 4.78 is 13.3. The fourth-order valence-corrected chi connectivity index (χ4v) is 1.61. The number of benzene rings is 1. The summed E-state index contributed by atoms with van der Waals surface area (Å²) in [4.78, 5) is 26.9. The van der Waals surface area contributed by atoms with Crippen molar-refractivity contribution in [2.24, 2.45) is 0 Å². The van der Waals surface area contributed by atoms with E-state index < -0.39 is 11.7 Å². The Bertz CT molecular complexity index is 644. The monoisotopic (exact) mass is 273 g/mol. The minimum Gasteiger partial charge on any atom is -0.325 e. The van der Waals surface area contributed by atoms with E-state index in [-0.39, 0.29) is 11.6 Å². The van der Waals surface area contributed by atoms with Gasteiger partial charge in [-0.15, -0.1) is 0 Å². The van der Waals surface area contributed by atoms with Gasteiger partial charge in [0.25, 0.3) is 5.91 Å². The van der Waals surface area contributed by atoms with Gasteiger partial charge in [-0.2, -0.15) is 0 Å². The molecule has 0 aliphatic carbocycles. The molecule has 2 aromatic rings. The third kappa shape index (κ3) is 3.38. The molecule has 0 bridgehead atoms. The minimum atomic E-state index is -0.513. The lowest BCUT2D eigenvalue weighted by molar-refractivity contribution is -0.114. The number of hydrogen-bond donors (Lipinski definition) is 2. The standard InChI is InChI=1S/C14H12FN3O2/c1-9(19)17-12-5-4-11(15)7-13(12)18-14(20)10-3-2-6-16-8-10/h2-8H,1H3,(H,17,19)(H,18,20). The van der Waals surface area contributed by atoms with Gasteiger partial charge in [0.2, 0.25) is 5.91 Å². The van der Waals surface area contributed by atoms with Gasteiger partial charge >= 0.3 is 0 Å². The molecule has 0 saturated carbocycles. The molecule has 2 amide bonds. The highest BCUT2D eigenvalue weighted by Crippen LogP contribution is 2.23. The Balaban J connectivity index is 2.26. The summed E-state index contributed by atoms with van der Waals surface area (Å²) in [7, 11) is 0. The van der Waals surface area contributed by atoms with Crippen LogP contribution in [0.4, 0.5) is 15.8 Å². The van der Waals surface area contributed by atoms with Crippen molar-refractivity contribution in [3.05, 3.63) is 54.1 Å². The lowest BCUT2D eigenvalue weighted by atomic mass is 10.2. The summed E-state index contributed by atoms with van der Waals surface area (Å²) in [6, 6.07) is 6.93. The van der Waals surface area contributed by atoms with E-state index in [9.17, 15) is 14.0 Å². The van der Waals surface area contributed by atoms with Crippen LogP contribution in [0, 0.1) is 5.82 Å². The van der Waals surface area contributed by atoms with Crippen molar-refractivity contribution in [2.75, 3.05) is 10.6 Å². The summed E-state index contributed by atoms with van der Waals surface area (Å²) >= 11 is 0. The first kappa shape index (κ1) is 13.7. The number of carbonyl (C=O) groups is 2. The zero-order valence-corrected chi connectivity index (χ0v) is 10.7. The Morgan fingerprint density at radius 2 is 1.95 bits per heavy atom. The Kier molecular flexibility index (Phi) is 4.05. The molecule has 2 rings (SSSR count). The Hall–Kier alpha value is -2.76. The summed E-state index contributed by atoms with van der Waals surface area (Å²) in [6.07, 6.45) is 2.94. The van der Waals surface area contributed by atoms with Crippen molar-refractivity contribution >= 4 is 23.2 Å². The van der Waals surface area contributed by atoms with E-state index in [0.717, 1.165) is 6.07 Å². The highest BCUT2D eigenvalue weighted by atomic mass is 19.1. The quantitative estimate of drug-likeness (QED) is 0.902. The van der Waals surface area contributed by atoms with Crippen molar-refractivity contribution in [1.82, 2.24) is 4.98 Å². The second-order valence-electron chi connectivity index (χ2n) is 4.07. The van der Waals surface area contributed by atoms with E-state index in [1.807, 2.05) is 0 Å². The van der Waals surface area contributed by atoms with Gasteiger partial charge in [-0.1, -0.05) is 0 Å². The molecule has 0 atom stereocenters. The third-order valence-electron chi connectivity index (χ3n) is 2.46. The smallest absolute Gasteiger partial charge is 0.257 e. The van der Waals surface area contributed by atoms with Crippen LogP contribution >= 0.6 is 0 Å². The lowest BCUT2D eigenvalue weighted by Crippen LogP contribution is -2.15. The summed E-state index contributed by atoms with van der Waals surface area (Å²) in [5.41, 5.74) is 0.857. The van der Waals surface area contributed by atoms with Crippen LogP contribution in [0.25, 0.3) is 0 Å². The van der Waals surface area contributed by atoms with Gasteiger partial charge in [0.05, 0.1) is 16.9 Å². The maximum absolute atomic E-state index is 13.3. The number of nitrogens with zero attached hydrogens (tertiary/aromatic N) is 1. The molecule has 0 aliphatic heterocycles. The number of nitrogens with one attached hydrogen (secondary N) is 2. The van der Waals surface area contributed by atoms with Crippen LogP contribution in [0.5, 0.6) is 0 Å². The van der Waals surface area contributed by atoms with Crippen molar-refractivity contribution in [3.8, 4) is 0 Å². The van der Waals surface area contributed by atoms with Crippen LogP contribution in [-0.2, 0) is 4.79 Å². The van der Waals surface area contributed by atoms with Gasteiger partial charge < -0.3 is 10.6 Å². The van der Waals surface area contributed by atoms with E-state index in [2.05, 4.69) is 15.6 Å². The van der Waals surface area contributed by atoms with E-state index in [1.54, 1.807) is 18.3 Å². The lowest BCUT2D eigenvalue weighted by Gasteiger charge is -2.11. The van der Waals surface area contributed by atoms with Gasteiger partial charge in [-0.05, 0) is 30.3 Å². The zero-order valence-electron chi connectivity index (χ0n) is 10.7. The fraction of sp³-hybridized carbons (Fsp3) is 0.0714. The second-order valence-corrected chi connectivity index (χ2v) is 4.07. The normalized spacial score (nSPS) is 9.90. The molecule has 1 heterocycles. The fourth-order valence-electron chi connectivity index (χ4n) is 1.61. The second kappa shape index (κ2) is 5.92. The van der Waals surface area contributed by atoms with Crippen molar-refractivity contribution in [3.63, 3.8) is 0 Å². The van der Waals surface area contributed by atoms with Crippen LogP contribution in [-0.4, -0.2) is 16.8 Å². The average Bonchev–Trinajstić information content (AvgIpc) is 2.42. The van der Waals surface area contributed by atoms with Crippen LogP contribution in [0.15, 0.2) is 42.7 Å². The van der Waals surface area contributed by atoms with Gasteiger partial charge in [0.15, 0.2) is 0 Å². The molecule has 0 saturated heterocycles. The van der Waals surface area contributed by atoms with Crippen molar-refractivity contribution < 1.29 is 14.0 Å². The highest BCUT2D eigenvalue weighted by molar-refractivity contribution is 6.06. The Morgan fingerprint density at radius 1 is 1.15 bits per heavy atom. The Labute approximate surface area is 114 Å². The van der Waals surface area contributed by atoms with Crippen LogP contribution in [0.2, 0.25) is 0 Å². The first-order valence-electron chi connectivity index (χ1n) is 5.85. The van der Waals surface area contributed by atoms with E-state index >= 15 is 0 Å². The van der Waals surface area contributed by atoms with Gasteiger partial charge in [0, 0.05) is 19.3 Å². The number of anilines is 2. The minimum absolute atomic E-state index is 0.189. The van der Waals surface area contributed by atoms with Crippen molar-refractivity contribution in [1.29, 1.82) is 0 Å². The molecule has 102 valence electrons. The molecule has 0 radical (unpaired) electrons. The number of halogens is 1. The SMILES string of the molecule is CC(=O)Nc1ccc(F)cc1NC(=O)c1cccnc1. The molecular formula is C14H12FN3O2. The van der Waals surface area contributed by atoms with Gasteiger partial charge in [-0.3, -0.25) is 14.6 Å². The number of aromatic nitrogens is 1. The molecule has 0 aliphatic rings. The molecule has 2 N–H and O–H groups in total. The van der Waals surface area contributed by atoms with E-state index in [4.69, 9.17) is 0 Å². The summed E-state index contributed by atoms with van der Waals surface area (Å²) in [5.74, 6) is -1.26. The van der Waals surface area contributed by atoms with Gasteiger partial charge in [-0.25, -0.2) is 4.39 Å².